The van der Waals surface area contributed by atoms with Crippen LogP contribution in [0, 0.1) is 12.8 Å². The molecule has 6 heteroatoms. The van der Waals surface area contributed by atoms with Gasteiger partial charge < -0.3 is 9.80 Å². The highest BCUT2D eigenvalue weighted by molar-refractivity contribution is 9.10. The summed E-state index contributed by atoms with van der Waals surface area (Å²) in [5.41, 5.74) is 2.35. The quantitative estimate of drug-likeness (QED) is 0.781. The lowest BCUT2D eigenvalue weighted by Crippen LogP contribution is -2.49. The number of aryl methyl sites for hydroxylation is 1. The van der Waals surface area contributed by atoms with Gasteiger partial charge in [0, 0.05) is 41.9 Å². The van der Waals surface area contributed by atoms with Crippen LogP contribution in [-0.4, -0.2) is 42.0 Å². The summed E-state index contributed by atoms with van der Waals surface area (Å²) in [5.74, 6) is 0.901. The van der Waals surface area contributed by atoms with Gasteiger partial charge in [0.2, 0.25) is 5.91 Å². The van der Waals surface area contributed by atoms with E-state index in [1.807, 2.05) is 24.0 Å². The molecule has 2 aliphatic rings. The van der Waals surface area contributed by atoms with Gasteiger partial charge in [-0.1, -0.05) is 28.1 Å². The maximum Gasteiger partial charge on any atom is 0.226 e. The van der Waals surface area contributed by atoms with Crippen molar-refractivity contribution in [2.45, 2.75) is 19.3 Å². The summed E-state index contributed by atoms with van der Waals surface area (Å²) in [4.78, 5) is 21.6. The first kappa shape index (κ1) is 16.1. The van der Waals surface area contributed by atoms with Crippen molar-refractivity contribution in [2.75, 3.05) is 31.1 Å². The van der Waals surface area contributed by atoms with Crippen LogP contribution in [0.4, 0.5) is 5.13 Å². The fraction of sp³-hybridized carbons (Fsp3) is 0.444. The molecule has 24 heavy (non-hydrogen) atoms. The predicted molar refractivity (Wildman–Crippen MR) is 101 cm³/mol. The summed E-state index contributed by atoms with van der Waals surface area (Å²) < 4.78 is 1.09. The molecule has 2 fully saturated rings. The molecule has 0 unspecified atom stereocenters. The number of hydrogen-bond donors (Lipinski definition) is 0. The predicted octanol–water partition coefficient (Wildman–Crippen LogP) is 3.67. The first-order valence-corrected chi connectivity index (χ1v) is 10.0. The van der Waals surface area contributed by atoms with Gasteiger partial charge in [-0.15, -0.1) is 11.3 Å². The topological polar surface area (TPSA) is 36.4 Å². The number of carbonyl (C=O) groups excluding carboxylic acids is 1. The largest absolute Gasteiger partial charge is 0.345 e. The van der Waals surface area contributed by atoms with Crippen molar-refractivity contribution in [1.82, 2.24) is 9.88 Å². The summed E-state index contributed by atoms with van der Waals surface area (Å²) in [6.45, 7) is 5.40. The van der Waals surface area contributed by atoms with E-state index in [0.29, 0.717) is 11.8 Å². The maximum atomic E-state index is 12.8. The highest BCUT2D eigenvalue weighted by Gasteiger charge is 2.46. The number of anilines is 1. The summed E-state index contributed by atoms with van der Waals surface area (Å²) in [6, 6.07) is 8.35. The number of piperazine rings is 1. The highest BCUT2D eigenvalue weighted by Crippen LogP contribution is 2.49. The van der Waals surface area contributed by atoms with Crippen LogP contribution < -0.4 is 4.90 Å². The zero-order valence-electron chi connectivity index (χ0n) is 13.6. The SMILES string of the molecule is Cc1csc(N2CCN(C(=O)[C@H]3C[C@@H]3c3cccc(Br)c3)CC2)n1. The molecule has 0 radical (unpaired) electrons. The van der Waals surface area contributed by atoms with Crippen LogP contribution in [0.3, 0.4) is 0 Å². The average molecular weight is 406 g/mol. The fourth-order valence-electron chi connectivity index (χ4n) is 3.41. The average Bonchev–Trinajstić information content (AvgIpc) is 3.28. The molecular formula is C18H20BrN3OS. The molecule has 1 aliphatic carbocycles. The molecule has 1 amide bonds. The number of aromatic nitrogens is 1. The molecule has 1 saturated heterocycles. The van der Waals surface area contributed by atoms with Gasteiger partial charge in [0.05, 0.1) is 5.69 Å². The zero-order chi connectivity index (χ0) is 16.7. The van der Waals surface area contributed by atoms with E-state index >= 15 is 0 Å². The number of amides is 1. The minimum absolute atomic E-state index is 0.174. The number of benzene rings is 1. The van der Waals surface area contributed by atoms with E-state index in [1.165, 1.54) is 5.56 Å². The Bertz CT molecular complexity index is 754. The summed E-state index contributed by atoms with van der Waals surface area (Å²) in [7, 11) is 0. The van der Waals surface area contributed by atoms with Crippen molar-refractivity contribution in [3.8, 4) is 0 Å². The Labute approximate surface area is 154 Å². The molecule has 2 heterocycles. The van der Waals surface area contributed by atoms with Gasteiger partial charge in [0.15, 0.2) is 5.13 Å². The molecule has 2 atom stereocenters. The molecule has 1 aromatic carbocycles. The number of rotatable bonds is 3. The second-order valence-corrected chi connectivity index (χ2v) is 8.34. The number of nitrogens with zero attached hydrogens (tertiary/aromatic N) is 3. The second kappa shape index (κ2) is 6.48. The summed E-state index contributed by atoms with van der Waals surface area (Å²) >= 11 is 5.21. The van der Waals surface area contributed by atoms with Crippen molar-refractivity contribution in [3.63, 3.8) is 0 Å². The van der Waals surface area contributed by atoms with Crippen molar-refractivity contribution in [3.05, 3.63) is 45.4 Å². The molecule has 1 aliphatic heterocycles. The molecule has 4 nitrogen and oxygen atoms in total. The first-order valence-electron chi connectivity index (χ1n) is 8.33. The Balaban J connectivity index is 1.34. The van der Waals surface area contributed by atoms with Crippen LogP contribution in [0.25, 0.3) is 0 Å². The van der Waals surface area contributed by atoms with Gasteiger partial charge in [-0.25, -0.2) is 4.98 Å². The minimum atomic E-state index is 0.174. The number of hydrogen-bond acceptors (Lipinski definition) is 4. The van der Waals surface area contributed by atoms with Crippen LogP contribution in [0.5, 0.6) is 0 Å². The van der Waals surface area contributed by atoms with Crippen molar-refractivity contribution >= 4 is 38.3 Å². The fourth-order valence-corrected chi connectivity index (χ4v) is 4.69. The molecule has 0 spiro atoms. The number of carbonyl (C=O) groups is 1. The monoisotopic (exact) mass is 405 g/mol. The van der Waals surface area contributed by atoms with Crippen molar-refractivity contribution < 1.29 is 4.79 Å². The van der Waals surface area contributed by atoms with Crippen LogP contribution in [-0.2, 0) is 4.79 Å². The van der Waals surface area contributed by atoms with E-state index < -0.39 is 0 Å². The molecule has 1 saturated carbocycles. The lowest BCUT2D eigenvalue weighted by Gasteiger charge is -2.34. The maximum absolute atomic E-state index is 12.8. The van der Waals surface area contributed by atoms with E-state index in [0.717, 1.165) is 47.9 Å². The third-order valence-electron chi connectivity index (χ3n) is 4.85. The Hall–Kier alpha value is -1.40. The standard InChI is InChI=1S/C18H20BrN3OS/c1-12-11-24-18(20-12)22-7-5-21(6-8-22)17(23)16-10-15(16)13-3-2-4-14(19)9-13/h2-4,9,11,15-16H,5-8,10H2,1H3/t15-,16+/m1/s1. The number of halogens is 1. The van der Waals surface area contributed by atoms with Gasteiger partial charge in [0.25, 0.3) is 0 Å². The van der Waals surface area contributed by atoms with Gasteiger partial charge in [-0.05, 0) is 37.0 Å². The molecule has 126 valence electrons. The molecule has 1 aromatic heterocycles. The van der Waals surface area contributed by atoms with Crippen molar-refractivity contribution in [1.29, 1.82) is 0 Å². The Morgan fingerprint density at radius 2 is 2.08 bits per heavy atom. The Morgan fingerprint density at radius 3 is 2.75 bits per heavy atom. The Morgan fingerprint density at radius 1 is 1.29 bits per heavy atom. The summed E-state index contributed by atoms with van der Waals surface area (Å²) in [6.07, 6.45) is 0.987. The molecule has 0 bridgehead atoms. The van der Waals surface area contributed by atoms with E-state index in [9.17, 15) is 4.79 Å². The van der Waals surface area contributed by atoms with Gasteiger partial charge in [-0.2, -0.15) is 0 Å². The van der Waals surface area contributed by atoms with E-state index in [-0.39, 0.29) is 5.92 Å². The third-order valence-corrected chi connectivity index (χ3v) is 6.37. The van der Waals surface area contributed by atoms with Gasteiger partial charge >= 0.3 is 0 Å². The lowest BCUT2D eigenvalue weighted by atomic mass is 10.1. The van der Waals surface area contributed by atoms with Crippen LogP contribution >= 0.6 is 27.3 Å². The third kappa shape index (κ3) is 3.22. The van der Waals surface area contributed by atoms with E-state index in [2.05, 4.69) is 43.3 Å². The van der Waals surface area contributed by atoms with E-state index in [4.69, 9.17) is 0 Å². The van der Waals surface area contributed by atoms with Gasteiger partial charge in [0.1, 0.15) is 0 Å². The molecular weight excluding hydrogens is 386 g/mol. The van der Waals surface area contributed by atoms with Gasteiger partial charge in [-0.3, -0.25) is 4.79 Å². The second-order valence-electron chi connectivity index (χ2n) is 6.59. The van der Waals surface area contributed by atoms with E-state index in [1.54, 1.807) is 11.3 Å². The van der Waals surface area contributed by atoms with Crippen LogP contribution in [0.1, 0.15) is 23.6 Å². The van der Waals surface area contributed by atoms with Crippen LogP contribution in [0.15, 0.2) is 34.1 Å². The normalized spacial score (nSPS) is 23.4. The highest BCUT2D eigenvalue weighted by atomic mass is 79.9. The smallest absolute Gasteiger partial charge is 0.226 e. The number of thiazole rings is 1. The zero-order valence-corrected chi connectivity index (χ0v) is 16.0. The van der Waals surface area contributed by atoms with Crippen LogP contribution in [0.2, 0.25) is 0 Å². The minimum Gasteiger partial charge on any atom is -0.345 e. The first-order chi connectivity index (χ1) is 11.6. The molecule has 0 N–H and O–H groups in total. The Kier molecular flexibility index (Phi) is 4.35. The summed E-state index contributed by atoms with van der Waals surface area (Å²) in [5, 5.41) is 3.16. The molecule has 2 aromatic rings. The lowest BCUT2D eigenvalue weighted by molar-refractivity contribution is -0.132. The van der Waals surface area contributed by atoms with Crippen molar-refractivity contribution in [2.24, 2.45) is 5.92 Å². The molecule has 4 rings (SSSR count).